The van der Waals surface area contributed by atoms with Crippen molar-refractivity contribution in [3.63, 3.8) is 0 Å². The van der Waals surface area contributed by atoms with E-state index in [9.17, 15) is 24.0 Å². The topological polar surface area (TPSA) is 171 Å². The number of nitrogens with zero attached hydrogens (tertiary/aromatic N) is 1. The van der Waals surface area contributed by atoms with Gasteiger partial charge in [0.05, 0.1) is 19.0 Å². The van der Waals surface area contributed by atoms with Crippen LogP contribution in [0.3, 0.4) is 0 Å². The highest BCUT2D eigenvalue weighted by molar-refractivity contribution is 5.93. The first kappa shape index (κ1) is 20.6. The van der Waals surface area contributed by atoms with Crippen LogP contribution in [0.5, 0.6) is 0 Å². The minimum atomic E-state index is -1.45. The number of rotatable bonds is 8. The Bertz CT molecular complexity index is 618. The van der Waals surface area contributed by atoms with Gasteiger partial charge in [-0.2, -0.15) is 0 Å². The minimum Gasteiger partial charge on any atom is -0.480 e. The van der Waals surface area contributed by atoms with Gasteiger partial charge in [-0.3, -0.25) is 19.2 Å². The second-order valence-corrected chi connectivity index (χ2v) is 6.69. The van der Waals surface area contributed by atoms with Gasteiger partial charge >= 0.3 is 5.97 Å². The fourth-order valence-electron chi connectivity index (χ4n) is 3.33. The molecule has 2 aliphatic heterocycles. The van der Waals surface area contributed by atoms with Gasteiger partial charge in [0.25, 0.3) is 0 Å². The van der Waals surface area contributed by atoms with Crippen molar-refractivity contribution < 1.29 is 29.1 Å². The molecule has 2 aliphatic rings. The molecule has 3 unspecified atom stereocenters. The van der Waals surface area contributed by atoms with Crippen LogP contribution in [0.25, 0.3) is 0 Å². The number of likely N-dealkylation sites (tertiary alicyclic amines) is 1. The van der Waals surface area contributed by atoms with Crippen molar-refractivity contribution in [3.8, 4) is 0 Å². The van der Waals surface area contributed by atoms with Gasteiger partial charge in [-0.15, -0.1) is 0 Å². The summed E-state index contributed by atoms with van der Waals surface area (Å²) in [5.41, 5.74) is 4.94. The fourth-order valence-corrected chi connectivity index (χ4v) is 3.33. The highest BCUT2D eigenvalue weighted by atomic mass is 16.4. The Morgan fingerprint density at radius 2 is 1.93 bits per heavy atom. The molecule has 2 heterocycles. The van der Waals surface area contributed by atoms with Crippen LogP contribution in [0.4, 0.5) is 0 Å². The molecule has 4 amide bonds. The normalized spacial score (nSPS) is 22.9. The van der Waals surface area contributed by atoms with Gasteiger partial charge in [0, 0.05) is 6.54 Å². The van der Waals surface area contributed by atoms with Crippen LogP contribution in [-0.4, -0.2) is 77.4 Å². The number of hydrogen-bond donors (Lipinski definition) is 5. The molecule has 0 spiro atoms. The number of carbonyl (C=O) groups excluding carboxylic acids is 4. The van der Waals surface area contributed by atoms with E-state index in [-0.39, 0.29) is 11.9 Å². The Labute approximate surface area is 156 Å². The molecule has 2 saturated heterocycles. The van der Waals surface area contributed by atoms with Crippen LogP contribution >= 0.6 is 0 Å². The van der Waals surface area contributed by atoms with E-state index in [0.717, 1.165) is 19.4 Å². The van der Waals surface area contributed by atoms with Crippen molar-refractivity contribution in [3.05, 3.63) is 0 Å². The monoisotopic (exact) mass is 383 g/mol. The molecule has 27 heavy (non-hydrogen) atoms. The lowest BCUT2D eigenvalue weighted by Crippen LogP contribution is -2.53. The van der Waals surface area contributed by atoms with E-state index >= 15 is 0 Å². The molecule has 150 valence electrons. The SMILES string of the molecule is NC(=O)CC(NC(=O)CNC(=O)C1CCCN1C(=O)C1CCCN1)C(=O)O. The number of primary amides is 1. The Kier molecular flexibility index (Phi) is 7.11. The smallest absolute Gasteiger partial charge is 0.326 e. The molecule has 0 aliphatic carbocycles. The summed E-state index contributed by atoms with van der Waals surface area (Å²) >= 11 is 0. The number of carboxylic acid groups (broad SMARTS) is 1. The second-order valence-electron chi connectivity index (χ2n) is 6.69. The maximum absolute atomic E-state index is 12.5. The number of hydrogen-bond acceptors (Lipinski definition) is 6. The van der Waals surface area contributed by atoms with Crippen LogP contribution in [0.15, 0.2) is 0 Å². The zero-order chi connectivity index (χ0) is 20.0. The average molecular weight is 383 g/mol. The lowest BCUT2D eigenvalue weighted by molar-refractivity contribution is -0.143. The summed E-state index contributed by atoms with van der Waals surface area (Å²) in [6, 6.07) is -2.37. The van der Waals surface area contributed by atoms with Gasteiger partial charge in [-0.05, 0) is 32.2 Å². The molecule has 11 heteroatoms. The summed E-state index contributed by atoms with van der Waals surface area (Å²) in [7, 11) is 0. The molecule has 2 fully saturated rings. The summed E-state index contributed by atoms with van der Waals surface area (Å²) < 4.78 is 0. The first-order valence-electron chi connectivity index (χ1n) is 8.91. The summed E-state index contributed by atoms with van der Waals surface area (Å²) in [5, 5.41) is 16.6. The Morgan fingerprint density at radius 1 is 1.19 bits per heavy atom. The first-order valence-corrected chi connectivity index (χ1v) is 8.91. The van der Waals surface area contributed by atoms with Crippen LogP contribution in [0.1, 0.15) is 32.1 Å². The van der Waals surface area contributed by atoms with Crippen LogP contribution < -0.4 is 21.7 Å². The van der Waals surface area contributed by atoms with Crippen LogP contribution in [0, 0.1) is 0 Å². The van der Waals surface area contributed by atoms with E-state index in [4.69, 9.17) is 10.8 Å². The van der Waals surface area contributed by atoms with E-state index in [1.54, 1.807) is 0 Å². The molecular weight excluding hydrogens is 358 g/mol. The Hall–Kier alpha value is -2.69. The summed E-state index contributed by atoms with van der Waals surface area (Å²) in [6.07, 6.45) is 2.31. The average Bonchev–Trinajstić information content (AvgIpc) is 3.29. The van der Waals surface area contributed by atoms with E-state index in [0.29, 0.717) is 19.4 Å². The van der Waals surface area contributed by atoms with Crippen molar-refractivity contribution in [1.29, 1.82) is 0 Å². The maximum atomic E-state index is 12.5. The predicted octanol–water partition coefficient (Wildman–Crippen LogP) is -2.71. The third-order valence-corrected chi connectivity index (χ3v) is 4.66. The molecule has 6 N–H and O–H groups in total. The zero-order valence-corrected chi connectivity index (χ0v) is 14.9. The molecule has 0 aromatic carbocycles. The lowest BCUT2D eigenvalue weighted by Gasteiger charge is -2.26. The lowest BCUT2D eigenvalue weighted by atomic mass is 10.1. The molecule has 0 aromatic rings. The largest absolute Gasteiger partial charge is 0.480 e. The van der Waals surface area contributed by atoms with Crippen LogP contribution in [0.2, 0.25) is 0 Å². The summed E-state index contributed by atoms with van der Waals surface area (Å²) in [4.78, 5) is 60.1. The molecule has 0 bridgehead atoms. The van der Waals surface area contributed by atoms with Crippen molar-refractivity contribution >= 4 is 29.6 Å². The van der Waals surface area contributed by atoms with E-state index in [1.807, 2.05) is 0 Å². The van der Waals surface area contributed by atoms with Crippen molar-refractivity contribution in [2.75, 3.05) is 19.6 Å². The number of nitrogens with two attached hydrogens (primary N) is 1. The second kappa shape index (κ2) is 9.31. The van der Waals surface area contributed by atoms with Gasteiger partial charge in [-0.1, -0.05) is 0 Å². The van der Waals surface area contributed by atoms with Gasteiger partial charge in [0.1, 0.15) is 12.1 Å². The molecule has 2 rings (SSSR count). The Morgan fingerprint density at radius 3 is 2.52 bits per heavy atom. The molecule has 0 saturated carbocycles. The van der Waals surface area contributed by atoms with Crippen molar-refractivity contribution in [2.24, 2.45) is 5.73 Å². The third kappa shape index (κ3) is 5.64. The quantitative estimate of drug-likeness (QED) is 0.303. The first-order chi connectivity index (χ1) is 12.8. The molecule has 3 atom stereocenters. The fraction of sp³-hybridized carbons (Fsp3) is 0.688. The number of amides is 4. The standard InChI is InChI=1S/C16H25N5O6/c17-12(22)7-10(16(26)27)20-13(23)8-19-14(24)11-4-2-6-21(11)15(25)9-3-1-5-18-9/h9-11,18H,1-8H2,(H2,17,22)(H,19,24)(H,20,23)(H,26,27). The highest BCUT2D eigenvalue weighted by Gasteiger charge is 2.37. The minimum absolute atomic E-state index is 0.109. The van der Waals surface area contributed by atoms with Gasteiger partial charge < -0.3 is 31.7 Å². The molecule has 0 radical (unpaired) electrons. The van der Waals surface area contributed by atoms with E-state index in [1.165, 1.54) is 4.90 Å². The number of carboxylic acids is 1. The number of aliphatic carboxylic acids is 1. The predicted molar refractivity (Wildman–Crippen MR) is 92.1 cm³/mol. The molecule has 11 nitrogen and oxygen atoms in total. The Balaban J connectivity index is 1.84. The molecular formula is C16H25N5O6. The number of nitrogens with one attached hydrogen (secondary N) is 3. The number of carbonyl (C=O) groups is 5. The van der Waals surface area contributed by atoms with Crippen molar-refractivity contribution in [2.45, 2.75) is 50.2 Å². The zero-order valence-electron chi connectivity index (χ0n) is 14.9. The highest BCUT2D eigenvalue weighted by Crippen LogP contribution is 2.20. The van der Waals surface area contributed by atoms with Gasteiger partial charge in [-0.25, -0.2) is 4.79 Å². The molecule has 0 aromatic heterocycles. The maximum Gasteiger partial charge on any atom is 0.326 e. The summed E-state index contributed by atoms with van der Waals surface area (Å²) in [5.74, 6) is -3.60. The van der Waals surface area contributed by atoms with Crippen molar-refractivity contribution in [1.82, 2.24) is 20.9 Å². The van der Waals surface area contributed by atoms with E-state index < -0.39 is 48.7 Å². The van der Waals surface area contributed by atoms with E-state index in [2.05, 4.69) is 16.0 Å². The third-order valence-electron chi connectivity index (χ3n) is 4.66. The van der Waals surface area contributed by atoms with Crippen LogP contribution in [-0.2, 0) is 24.0 Å². The summed E-state index contributed by atoms with van der Waals surface area (Å²) in [6.45, 7) is 0.805. The van der Waals surface area contributed by atoms with Gasteiger partial charge in [0.15, 0.2) is 0 Å². The van der Waals surface area contributed by atoms with Gasteiger partial charge in [0.2, 0.25) is 23.6 Å².